The van der Waals surface area contributed by atoms with E-state index in [1.165, 1.54) is 6.42 Å². The molecule has 0 unspecified atom stereocenters. The van der Waals surface area contributed by atoms with Gasteiger partial charge in [-0.25, -0.2) is 4.98 Å². The molecule has 4 rings (SSSR count). The van der Waals surface area contributed by atoms with Crippen LogP contribution < -0.4 is 0 Å². The highest BCUT2D eigenvalue weighted by molar-refractivity contribution is 7.21. The zero-order valence-corrected chi connectivity index (χ0v) is 14.4. The minimum Gasteiger partial charge on any atom is -0.336 e. The molecule has 3 aromatic rings. The van der Waals surface area contributed by atoms with Crippen molar-refractivity contribution in [2.75, 3.05) is 6.54 Å². The van der Waals surface area contributed by atoms with Crippen molar-refractivity contribution in [1.29, 1.82) is 0 Å². The lowest BCUT2D eigenvalue weighted by atomic mass is 10.0. The minimum absolute atomic E-state index is 0.0737. The quantitative estimate of drug-likeness (QED) is 0.697. The Morgan fingerprint density at radius 2 is 2.08 bits per heavy atom. The van der Waals surface area contributed by atoms with Gasteiger partial charge in [0.2, 0.25) is 0 Å². The van der Waals surface area contributed by atoms with Crippen molar-refractivity contribution in [1.82, 2.24) is 14.9 Å². The molecular weight excluding hydrogens is 318 g/mol. The SMILES string of the molecule is C[C@H]1CCCCN1C(=O)c1cccnc1-c1nc2ccccc2s1. The zero-order valence-electron chi connectivity index (χ0n) is 13.6. The standard InChI is InChI=1S/C19H19N3OS/c1-13-7-4-5-12-22(13)19(23)14-8-6-11-20-17(14)18-21-15-9-2-3-10-16(15)24-18/h2-3,6,8-11,13H,4-5,7,12H2,1H3/t13-/m0/s1. The summed E-state index contributed by atoms with van der Waals surface area (Å²) in [5.74, 6) is 0.0737. The highest BCUT2D eigenvalue weighted by Gasteiger charge is 2.27. The molecule has 1 aliphatic rings. The van der Waals surface area contributed by atoms with E-state index in [4.69, 9.17) is 0 Å². The first kappa shape index (κ1) is 15.3. The molecule has 1 fully saturated rings. The van der Waals surface area contributed by atoms with Crippen LogP contribution in [0.25, 0.3) is 20.9 Å². The lowest BCUT2D eigenvalue weighted by molar-refractivity contribution is 0.0636. The predicted molar refractivity (Wildman–Crippen MR) is 97.2 cm³/mol. The Morgan fingerprint density at radius 3 is 2.92 bits per heavy atom. The number of pyridine rings is 1. The molecule has 0 saturated carbocycles. The maximum absolute atomic E-state index is 13.1. The molecule has 0 N–H and O–H groups in total. The van der Waals surface area contributed by atoms with Crippen molar-refractivity contribution in [3.63, 3.8) is 0 Å². The molecule has 0 spiro atoms. The maximum atomic E-state index is 13.1. The van der Waals surface area contributed by atoms with Gasteiger partial charge in [0, 0.05) is 18.8 Å². The molecule has 2 aromatic heterocycles. The Bertz CT molecular complexity index is 856. The highest BCUT2D eigenvalue weighted by Crippen LogP contribution is 2.31. The summed E-state index contributed by atoms with van der Waals surface area (Å²) in [6, 6.07) is 12.0. The number of aromatic nitrogens is 2. The van der Waals surface area contributed by atoms with Crippen LogP contribution in [0.1, 0.15) is 36.5 Å². The number of nitrogens with zero attached hydrogens (tertiary/aromatic N) is 3. The third-order valence-corrected chi connectivity index (χ3v) is 5.64. The van der Waals surface area contributed by atoms with Gasteiger partial charge >= 0.3 is 0 Å². The predicted octanol–water partition coefficient (Wildman–Crippen LogP) is 4.37. The number of carbonyl (C=O) groups excluding carboxylic acids is 1. The van der Waals surface area contributed by atoms with Gasteiger partial charge in [-0.1, -0.05) is 12.1 Å². The van der Waals surface area contributed by atoms with Gasteiger partial charge in [0.05, 0.1) is 15.8 Å². The number of amides is 1. The Balaban J connectivity index is 1.76. The van der Waals surface area contributed by atoms with E-state index >= 15 is 0 Å². The van der Waals surface area contributed by atoms with Crippen LogP contribution >= 0.6 is 11.3 Å². The third kappa shape index (κ3) is 2.69. The molecule has 1 amide bonds. The van der Waals surface area contributed by atoms with E-state index in [0.29, 0.717) is 11.3 Å². The molecular formula is C19H19N3OS. The van der Waals surface area contributed by atoms with Crippen LogP contribution in [0.4, 0.5) is 0 Å². The van der Waals surface area contributed by atoms with E-state index in [1.807, 2.05) is 41.3 Å². The van der Waals surface area contributed by atoms with Gasteiger partial charge in [-0.2, -0.15) is 0 Å². The average molecular weight is 337 g/mol. The molecule has 1 aliphatic heterocycles. The molecule has 122 valence electrons. The number of fused-ring (bicyclic) bond motifs is 1. The fourth-order valence-electron chi connectivity index (χ4n) is 3.28. The van der Waals surface area contributed by atoms with Gasteiger partial charge in [-0.15, -0.1) is 11.3 Å². The van der Waals surface area contributed by atoms with Crippen LogP contribution in [-0.4, -0.2) is 33.4 Å². The number of hydrogen-bond acceptors (Lipinski definition) is 4. The Labute approximate surface area is 145 Å². The van der Waals surface area contributed by atoms with E-state index in [9.17, 15) is 4.79 Å². The normalized spacial score (nSPS) is 18.0. The van der Waals surface area contributed by atoms with Crippen molar-refractivity contribution in [2.24, 2.45) is 0 Å². The summed E-state index contributed by atoms with van der Waals surface area (Å²) in [6.45, 7) is 2.96. The van der Waals surface area contributed by atoms with Gasteiger partial charge in [0.1, 0.15) is 10.7 Å². The van der Waals surface area contributed by atoms with Gasteiger partial charge in [-0.05, 0) is 50.5 Å². The largest absolute Gasteiger partial charge is 0.336 e. The van der Waals surface area contributed by atoms with Gasteiger partial charge in [0.25, 0.3) is 5.91 Å². The third-order valence-electron chi connectivity index (χ3n) is 4.60. The second-order valence-electron chi connectivity index (χ2n) is 6.23. The van der Waals surface area contributed by atoms with Crippen LogP contribution in [0.2, 0.25) is 0 Å². The lowest BCUT2D eigenvalue weighted by Crippen LogP contribution is -2.42. The smallest absolute Gasteiger partial charge is 0.256 e. The van der Waals surface area contributed by atoms with Crippen molar-refractivity contribution in [2.45, 2.75) is 32.2 Å². The average Bonchev–Trinajstić information content (AvgIpc) is 3.05. The van der Waals surface area contributed by atoms with Crippen LogP contribution in [-0.2, 0) is 0 Å². The summed E-state index contributed by atoms with van der Waals surface area (Å²) >= 11 is 1.59. The van der Waals surface area contributed by atoms with Crippen molar-refractivity contribution < 1.29 is 4.79 Å². The fourth-order valence-corrected chi connectivity index (χ4v) is 4.25. The first-order chi connectivity index (χ1) is 11.7. The number of thiazole rings is 1. The van der Waals surface area contributed by atoms with E-state index < -0.39 is 0 Å². The van der Waals surface area contributed by atoms with E-state index in [1.54, 1.807) is 17.5 Å². The molecule has 1 atom stereocenters. The topological polar surface area (TPSA) is 46.1 Å². The van der Waals surface area contributed by atoms with Crippen molar-refractivity contribution in [3.05, 3.63) is 48.2 Å². The summed E-state index contributed by atoms with van der Waals surface area (Å²) < 4.78 is 1.11. The molecule has 0 aliphatic carbocycles. The molecule has 5 heteroatoms. The van der Waals surface area contributed by atoms with Crippen molar-refractivity contribution in [3.8, 4) is 10.7 Å². The van der Waals surface area contributed by atoms with Crippen LogP contribution in [0.15, 0.2) is 42.6 Å². The van der Waals surface area contributed by atoms with Crippen LogP contribution in [0, 0.1) is 0 Å². The number of likely N-dealkylation sites (tertiary alicyclic amines) is 1. The molecule has 0 radical (unpaired) electrons. The monoisotopic (exact) mass is 337 g/mol. The number of rotatable bonds is 2. The summed E-state index contributed by atoms with van der Waals surface area (Å²) in [7, 11) is 0. The minimum atomic E-state index is 0.0737. The molecule has 0 bridgehead atoms. The summed E-state index contributed by atoms with van der Waals surface area (Å²) in [6.07, 6.45) is 5.08. The molecule has 24 heavy (non-hydrogen) atoms. The molecule has 4 nitrogen and oxygen atoms in total. The second-order valence-corrected chi connectivity index (χ2v) is 7.26. The Kier molecular flexibility index (Phi) is 4.02. The van der Waals surface area contributed by atoms with Gasteiger partial charge in [-0.3, -0.25) is 9.78 Å². The van der Waals surface area contributed by atoms with Gasteiger partial charge in [0.15, 0.2) is 0 Å². The fraction of sp³-hybridized carbons (Fsp3) is 0.316. The highest BCUT2D eigenvalue weighted by atomic mass is 32.1. The van der Waals surface area contributed by atoms with Gasteiger partial charge < -0.3 is 4.90 Å². The molecule has 1 aromatic carbocycles. The Hall–Kier alpha value is -2.27. The summed E-state index contributed by atoms with van der Waals surface area (Å²) in [5.41, 5.74) is 2.31. The lowest BCUT2D eigenvalue weighted by Gasteiger charge is -2.33. The Morgan fingerprint density at radius 1 is 1.21 bits per heavy atom. The van der Waals surface area contributed by atoms with E-state index in [0.717, 1.165) is 34.6 Å². The van der Waals surface area contributed by atoms with E-state index in [2.05, 4.69) is 16.9 Å². The number of carbonyl (C=O) groups is 1. The maximum Gasteiger partial charge on any atom is 0.256 e. The molecule has 1 saturated heterocycles. The van der Waals surface area contributed by atoms with Crippen molar-refractivity contribution >= 4 is 27.5 Å². The molecule has 3 heterocycles. The second kappa shape index (κ2) is 6.32. The van der Waals surface area contributed by atoms with Crippen LogP contribution in [0.3, 0.4) is 0 Å². The van der Waals surface area contributed by atoms with Crippen LogP contribution in [0.5, 0.6) is 0 Å². The number of para-hydroxylation sites is 1. The first-order valence-electron chi connectivity index (χ1n) is 8.36. The number of benzene rings is 1. The first-order valence-corrected chi connectivity index (χ1v) is 9.17. The summed E-state index contributed by atoms with van der Waals surface area (Å²) in [4.78, 5) is 24.2. The zero-order chi connectivity index (χ0) is 16.5. The number of piperidine rings is 1. The number of hydrogen-bond donors (Lipinski definition) is 0. The van der Waals surface area contributed by atoms with E-state index in [-0.39, 0.29) is 11.9 Å². The summed E-state index contributed by atoms with van der Waals surface area (Å²) in [5, 5.41) is 0.810.